The number of hydrogen-bond acceptors (Lipinski definition) is 5. The zero-order valence-electron chi connectivity index (χ0n) is 22.9. The quantitative estimate of drug-likeness (QED) is 0.307. The Labute approximate surface area is 224 Å². The highest BCUT2D eigenvalue weighted by atomic mass is 16.5. The van der Waals surface area contributed by atoms with E-state index in [1.54, 1.807) is 6.07 Å². The molecule has 0 bridgehead atoms. The minimum Gasteiger partial charge on any atom is -0.506 e. The average molecular weight is 507 g/mol. The van der Waals surface area contributed by atoms with Gasteiger partial charge in [0, 0.05) is 23.4 Å². The van der Waals surface area contributed by atoms with Crippen LogP contribution in [-0.4, -0.2) is 21.6 Å². The fraction of sp³-hybridized carbons (Fsp3) is 0.333. The normalized spacial score (nSPS) is 20.3. The highest BCUT2D eigenvalue weighted by Gasteiger charge is 2.55. The Bertz CT molecular complexity index is 1600. The van der Waals surface area contributed by atoms with Crippen molar-refractivity contribution in [3.8, 4) is 17.4 Å². The van der Waals surface area contributed by atoms with Gasteiger partial charge in [-0.2, -0.15) is 0 Å². The van der Waals surface area contributed by atoms with Gasteiger partial charge in [-0.3, -0.25) is 0 Å². The summed E-state index contributed by atoms with van der Waals surface area (Å²) in [6, 6.07) is 22.2. The number of nitrogens with zero attached hydrogens (tertiary/aromatic N) is 2. The Kier molecular flexibility index (Phi) is 5.53. The smallest absolute Gasteiger partial charge is 0.219 e. The predicted octanol–water partition coefficient (Wildman–Crippen LogP) is 7.81. The zero-order valence-corrected chi connectivity index (χ0v) is 22.9. The van der Waals surface area contributed by atoms with Crippen LogP contribution in [0.2, 0.25) is 0 Å². The van der Waals surface area contributed by atoms with E-state index < -0.39 is 0 Å². The largest absolute Gasteiger partial charge is 0.506 e. The molecule has 6 rings (SSSR count). The first-order valence-electron chi connectivity index (χ1n) is 13.3. The van der Waals surface area contributed by atoms with Crippen LogP contribution in [0.5, 0.6) is 17.4 Å². The molecule has 0 radical (unpaired) electrons. The molecule has 0 amide bonds. The van der Waals surface area contributed by atoms with Gasteiger partial charge in [0.15, 0.2) is 0 Å². The fourth-order valence-corrected chi connectivity index (χ4v) is 5.72. The molecule has 5 heteroatoms. The maximum absolute atomic E-state index is 10.4. The minimum atomic E-state index is -0.382. The molecule has 2 atom stereocenters. The minimum absolute atomic E-state index is 0.0232. The molecule has 194 valence electrons. The first-order chi connectivity index (χ1) is 18.0. The Morgan fingerprint density at radius 2 is 1.82 bits per heavy atom. The molecule has 4 aromatic rings. The molecule has 0 spiro atoms. The lowest BCUT2D eigenvalue weighted by atomic mass is 9.84. The van der Waals surface area contributed by atoms with Crippen molar-refractivity contribution >= 4 is 16.8 Å². The SMILES string of the molecule is Cc1cc(O)c2nc(Oc3cc(C4=N[C@H]5c6ccccc6C[C@@]5(C(C)C)O4)cc(C(C)(C)C)c3)ccc2c1. The van der Waals surface area contributed by atoms with Crippen molar-refractivity contribution in [3.63, 3.8) is 0 Å². The molecule has 5 nitrogen and oxygen atoms in total. The van der Waals surface area contributed by atoms with Crippen LogP contribution >= 0.6 is 0 Å². The number of aromatic hydroxyl groups is 1. The number of aliphatic imine (C=N–C) groups is 1. The summed E-state index contributed by atoms with van der Waals surface area (Å²) in [5.74, 6) is 2.18. The van der Waals surface area contributed by atoms with Crippen molar-refractivity contribution in [1.82, 2.24) is 4.98 Å². The molecule has 0 fully saturated rings. The van der Waals surface area contributed by atoms with Gasteiger partial charge in [0.2, 0.25) is 11.8 Å². The highest BCUT2D eigenvalue weighted by Crippen LogP contribution is 2.52. The third-order valence-electron chi connectivity index (χ3n) is 7.92. The van der Waals surface area contributed by atoms with Crippen molar-refractivity contribution in [2.24, 2.45) is 10.9 Å². The predicted molar refractivity (Wildman–Crippen MR) is 151 cm³/mol. The number of aromatic nitrogens is 1. The number of rotatable bonds is 4. The first-order valence-corrected chi connectivity index (χ1v) is 13.3. The van der Waals surface area contributed by atoms with Crippen LogP contribution in [0.25, 0.3) is 10.9 Å². The van der Waals surface area contributed by atoms with Gasteiger partial charge in [0.1, 0.15) is 28.7 Å². The number of phenols is 1. The highest BCUT2D eigenvalue weighted by molar-refractivity contribution is 5.97. The summed E-state index contributed by atoms with van der Waals surface area (Å²) in [6.07, 6.45) is 0.852. The number of pyridine rings is 1. The molecular formula is C33H34N2O3. The van der Waals surface area contributed by atoms with E-state index in [-0.39, 0.29) is 22.8 Å². The van der Waals surface area contributed by atoms with Gasteiger partial charge in [-0.1, -0.05) is 58.9 Å². The molecule has 1 aliphatic carbocycles. The number of phenolic OH excluding ortho intramolecular Hbond substituents is 1. The van der Waals surface area contributed by atoms with E-state index >= 15 is 0 Å². The Morgan fingerprint density at radius 3 is 2.58 bits per heavy atom. The van der Waals surface area contributed by atoms with Crippen LogP contribution in [0.3, 0.4) is 0 Å². The molecular weight excluding hydrogens is 472 g/mol. The topological polar surface area (TPSA) is 63.9 Å². The van der Waals surface area contributed by atoms with Crippen LogP contribution in [0.15, 0.2) is 71.7 Å². The zero-order chi connectivity index (χ0) is 26.8. The van der Waals surface area contributed by atoms with Crippen LogP contribution in [0.4, 0.5) is 0 Å². The summed E-state index contributed by atoms with van der Waals surface area (Å²) in [5, 5.41) is 11.3. The van der Waals surface area contributed by atoms with Gasteiger partial charge in [-0.25, -0.2) is 9.98 Å². The van der Waals surface area contributed by atoms with E-state index in [4.69, 9.17) is 14.5 Å². The lowest BCUT2D eigenvalue weighted by Gasteiger charge is -2.32. The maximum atomic E-state index is 10.4. The van der Waals surface area contributed by atoms with Gasteiger partial charge >= 0.3 is 0 Å². The van der Waals surface area contributed by atoms with Crippen molar-refractivity contribution in [1.29, 1.82) is 0 Å². The van der Waals surface area contributed by atoms with Crippen LogP contribution in [0, 0.1) is 12.8 Å². The number of fused-ring (bicyclic) bond motifs is 4. The van der Waals surface area contributed by atoms with E-state index in [9.17, 15) is 5.11 Å². The summed E-state index contributed by atoms with van der Waals surface area (Å²) in [6.45, 7) is 12.9. The van der Waals surface area contributed by atoms with E-state index in [1.807, 2.05) is 37.3 Å². The standard InChI is InChI=1S/C33H34N2O3/c1-19(2)33-18-22-9-7-8-10-26(22)30(33)35-31(38-33)23-15-24(32(4,5)6)17-25(16-23)37-28-12-11-21-13-20(3)14-27(36)29(21)34-28/h7-17,19,30,36H,18H2,1-6H3/t30-,33-/m0/s1. The summed E-state index contributed by atoms with van der Waals surface area (Å²) in [5.41, 5.74) is 5.61. The van der Waals surface area contributed by atoms with Gasteiger partial charge in [-0.05, 0) is 76.9 Å². The maximum Gasteiger partial charge on any atom is 0.219 e. The third kappa shape index (κ3) is 4.01. The summed E-state index contributed by atoms with van der Waals surface area (Å²) in [7, 11) is 0. The van der Waals surface area contributed by atoms with Crippen molar-refractivity contribution in [2.45, 2.75) is 65.0 Å². The number of hydrogen-bond donors (Lipinski definition) is 1. The Balaban J connectivity index is 1.41. The average Bonchev–Trinajstić information content (AvgIpc) is 3.39. The Hall–Kier alpha value is -3.86. The number of ether oxygens (including phenoxy) is 2. The van der Waals surface area contributed by atoms with Gasteiger partial charge < -0.3 is 14.6 Å². The van der Waals surface area contributed by atoms with Crippen LogP contribution < -0.4 is 4.74 Å². The summed E-state index contributed by atoms with van der Waals surface area (Å²) < 4.78 is 13.1. The van der Waals surface area contributed by atoms with E-state index in [2.05, 4.69) is 69.9 Å². The second-order valence-corrected chi connectivity index (χ2v) is 12.0. The second kappa shape index (κ2) is 8.59. The van der Waals surface area contributed by atoms with Gasteiger partial charge in [0.25, 0.3) is 0 Å². The summed E-state index contributed by atoms with van der Waals surface area (Å²) >= 11 is 0. The Morgan fingerprint density at radius 1 is 1.03 bits per heavy atom. The van der Waals surface area contributed by atoms with Crippen LogP contribution in [-0.2, 0) is 16.6 Å². The third-order valence-corrected chi connectivity index (χ3v) is 7.92. The first kappa shape index (κ1) is 24.5. The van der Waals surface area contributed by atoms with Crippen molar-refractivity contribution < 1.29 is 14.6 Å². The number of benzene rings is 3. The molecule has 2 aliphatic rings. The monoisotopic (exact) mass is 506 g/mol. The van der Waals surface area contributed by atoms with Crippen LogP contribution in [0.1, 0.15) is 68.5 Å². The fourth-order valence-electron chi connectivity index (χ4n) is 5.72. The van der Waals surface area contributed by atoms with Gasteiger partial charge in [-0.15, -0.1) is 0 Å². The molecule has 3 aromatic carbocycles. The van der Waals surface area contributed by atoms with Crippen molar-refractivity contribution in [2.75, 3.05) is 0 Å². The summed E-state index contributed by atoms with van der Waals surface area (Å²) in [4.78, 5) is 9.78. The lowest BCUT2D eigenvalue weighted by molar-refractivity contribution is 0.0203. The molecule has 1 aromatic heterocycles. The second-order valence-electron chi connectivity index (χ2n) is 12.0. The van der Waals surface area contributed by atoms with E-state index in [0.717, 1.165) is 28.5 Å². The molecule has 0 saturated heterocycles. The number of aryl methyl sites for hydroxylation is 1. The molecule has 1 N–H and O–H groups in total. The molecule has 2 heterocycles. The van der Waals surface area contributed by atoms with Crippen molar-refractivity contribution in [3.05, 3.63) is 94.5 Å². The van der Waals surface area contributed by atoms with Gasteiger partial charge in [0.05, 0.1) is 0 Å². The molecule has 38 heavy (non-hydrogen) atoms. The van der Waals surface area contributed by atoms with E-state index in [1.165, 1.54) is 11.1 Å². The lowest BCUT2D eigenvalue weighted by Crippen LogP contribution is -2.39. The molecule has 0 unspecified atom stereocenters. The van der Waals surface area contributed by atoms with E-state index in [0.29, 0.717) is 29.0 Å². The molecule has 1 aliphatic heterocycles. The molecule has 0 saturated carbocycles.